The van der Waals surface area contributed by atoms with E-state index in [0.717, 1.165) is 11.1 Å². The normalized spacial score (nSPS) is 19.7. The first-order valence-electron chi connectivity index (χ1n) is 9.16. The number of rotatable bonds is 5. The lowest BCUT2D eigenvalue weighted by molar-refractivity contribution is -0.183. The Morgan fingerprint density at radius 3 is 3.00 bits per heavy atom. The molecule has 1 aromatic carbocycles. The molecule has 1 saturated heterocycles. The van der Waals surface area contributed by atoms with Gasteiger partial charge in [-0.3, -0.25) is 9.68 Å². The van der Waals surface area contributed by atoms with E-state index in [4.69, 9.17) is 9.69 Å². The van der Waals surface area contributed by atoms with Gasteiger partial charge in [0.05, 0.1) is 19.2 Å². The molecule has 1 fully saturated rings. The third-order valence-electron chi connectivity index (χ3n) is 5.24. The van der Waals surface area contributed by atoms with Crippen LogP contribution in [0.5, 0.6) is 0 Å². The Morgan fingerprint density at radius 1 is 1.44 bits per heavy atom. The molecular formula is C19H21BFN3O3. The zero-order chi connectivity index (χ0) is 19.0. The summed E-state index contributed by atoms with van der Waals surface area (Å²) in [7, 11) is 0.367. The summed E-state index contributed by atoms with van der Waals surface area (Å²) in [6, 6.07) is 6.83. The number of carbonyl (C=O) groups is 1. The van der Waals surface area contributed by atoms with E-state index in [1.807, 2.05) is 19.9 Å². The number of nitrogens with zero attached hydrogens (tertiary/aromatic N) is 2. The van der Waals surface area contributed by atoms with Gasteiger partial charge < -0.3 is 15.0 Å². The Bertz CT molecular complexity index is 873. The molecule has 27 heavy (non-hydrogen) atoms. The third-order valence-corrected chi connectivity index (χ3v) is 5.24. The van der Waals surface area contributed by atoms with Gasteiger partial charge in [-0.05, 0) is 37.1 Å². The van der Waals surface area contributed by atoms with Crippen LogP contribution in [0, 0.1) is 5.82 Å². The molecule has 0 radical (unpaired) electrons. The summed E-state index contributed by atoms with van der Waals surface area (Å²) in [6.07, 6.45) is 1.63. The van der Waals surface area contributed by atoms with Crippen molar-refractivity contribution in [3.8, 4) is 0 Å². The van der Waals surface area contributed by atoms with Gasteiger partial charge in [-0.1, -0.05) is 12.1 Å². The first-order valence-corrected chi connectivity index (χ1v) is 9.16. The van der Waals surface area contributed by atoms with Crippen molar-refractivity contribution in [2.45, 2.75) is 32.3 Å². The molecule has 2 aliphatic rings. The summed E-state index contributed by atoms with van der Waals surface area (Å²) >= 11 is 0. The van der Waals surface area contributed by atoms with Crippen molar-refractivity contribution in [3.05, 3.63) is 58.5 Å². The van der Waals surface area contributed by atoms with Gasteiger partial charge in [-0.2, -0.15) is 0 Å². The van der Waals surface area contributed by atoms with Crippen LogP contribution in [0.25, 0.3) is 0 Å². The molecule has 2 atom stereocenters. The van der Waals surface area contributed by atoms with E-state index >= 15 is 0 Å². The highest BCUT2D eigenvalue weighted by molar-refractivity contribution is 6.30. The minimum atomic E-state index is -0.265. The van der Waals surface area contributed by atoms with Crippen LogP contribution in [-0.4, -0.2) is 36.4 Å². The quantitative estimate of drug-likeness (QED) is 0.649. The number of hydrogen-bond acceptors (Lipinski definition) is 5. The molecule has 1 unspecified atom stereocenters. The van der Waals surface area contributed by atoms with Gasteiger partial charge >= 0.3 is 7.48 Å². The fraction of sp³-hybridized carbons (Fsp3) is 0.368. The molecule has 0 aliphatic carbocycles. The highest BCUT2D eigenvalue weighted by Gasteiger charge is 2.29. The molecule has 1 N–H and O–H groups in total. The fourth-order valence-electron chi connectivity index (χ4n) is 3.59. The van der Waals surface area contributed by atoms with Crippen LogP contribution < -0.4 is 5.32 Å². The molecule has 6 nitrogen and oxygen atoms in total. The lowest BCUT2D eigenvalue weighted by Crippen LogP contribution is -2.22. The van der Waals surface area contributed by atoms with Crippen LogP contribution in [0.2, 0.25) is 0 Å². The number of hydrogen-bond donors (Lipinski definition) is 1. The molecule has 0 bridgehead atoms. The minimum absolute atomic E-state index is 0.0296. The minimum Gasteiger partial charge on any atom is -0.363 e. The molecule has 0 saturated carbocycles. The molecule has 2 aromatic rings. The SMILES string of the molecule is CCN1Cc2c(ccnc2N[C@@H](C)c2ccc(C3BOOC3)c(F)c2)C1=O. The average Bonchev–Trinajstić information content (AvgIpc) is 3.30. The van der Waals surface area contributed by atoms with Gasteiger partial charge in [0.25, 0.3) is 5.91 Å². The average molecular weight is 369 g/mol. The highest BCUT2D eigenvalue weighted by atomic mass is 19.1. The third kappa shape index (κ3) is 3.30. The van der Waals surface area contributed by atoms with E-state index < -0.39 is 0 Å². The van der Waals surface area contributed by atoms with Crippen molar-refractivity contribution in [3.63, 3.8) is 0 Å². The summed E-state index contributed by atoms with van der Waals surface area (Å²) in [5.41, 5.74) is 3.00. The van der Waals surface area contributed by atoms with Crippen molar-refractivity contribution in [1.82, 2.24) is 9.88 Å². The lowest BCUT2D eigenvalue weighted by Gasteiger charge is -2.18. The topological polar surface area (TPSA) is 63.7 Å². The predicted octanol–water partition coefficient (Wildman–Crippen LogP) is 2.72. The van der Waals surface area contributed by atoms with Crippen LogP contribution >= 0.6 is 0 Å². The first-order chi connectivity index (χ1) is 13.1. The Labute approximate surface area is 157 Å². The Balaban J connectivity index is 1.54. The lowest BCUT2D eigenvalue weighted by atomic mass is 9.76. The Kier molecular flexibility index (Phi) is 4.84. The number of aromatic nitrogens is 1. The van der Waals surface area contributed by atoms with Gasteiger partial charge in [0.1, 0.15) is 11.6 Å². The zero-order valence-corrected chi connectivity index (χ0v) is 15.4. The maximum absolute atomic E-state index is 14.6. The maximum atomic E-state index is 14.6. The molecule has 1 amide bonds. The largest absolute Gasteiger partial charge is 0.363 e. The summed E-state index contributed by atoms with van der Waals surface area (Å²) in [5.74, 6) is 0.361. The van der Waals surface area contributed by atoms with Gasteiger partial charge in [-0.25, -0.2) is 9.37 Å². The van der Waals surface area contributed by atoms with Crippen molar-refractivity contribution in [2.75, 3.05) is 18.5 Å². The van der Waals surface area contributed by atoms with Crippen molar-refractivity contribution in [1.29, 1.82) is 0 Å². The Morgan fingerprint density at radius 2 is 2.30 bits per heavy atom. The summed E-state index contributed by atoms with van der Waals surface area (Å²) < 4.78 is 14.6. The number of nitrogens with one attached hydrogen (secondary N) is 1. The second-order valence-electron chi connectivity index (χ2n) is 6.92. The van der Waals surface area contributed by atoms with Crippen molar-refractivity contribution < 1.29 is 18.9 Å². The van der Waals surface area contributed by atoms with E-state index in [2.05, 4.69) is 10.3 Å². The molecule has 0 spiro atoms. The highest BCUT2D eigenvalue weighted by Crippen LogP contribution is 2.31. The number of anilines is 1. The number of pyridine rings is 1. The molecule has 140 valence electrons. The molecule has 1 aromatic heterocycles. The summed E-state index contributed by atoms with van der Waals surface area (Å²) in [4.78, 5) is 28.3. The number of benzene rings is 1. The van der Waals surface area contributed by atoms with Gasteiger partial charge in [0.15, 0.2) is 0 Å². The first kappa shape index (κ1) is 17.9. The monoisotopic (exact) mass is 369 g/mol. The van der Waals surface area contributed by atoms with Gasteiger partial charge in [0, 0.05) is 29.7 Å². The second kappa shape index (κ2) is 7.29. The van der Waals surface area contributed by atoms with Crippen LogP contribution in [-0.2, 0) is 16.2 Å². The Hall–Kier alpha value is -2.45. The summed E-state index contributed by atoms with van der Waals surface area (Å²) in [5, 5.41) is 3.33. The standard InChI is InChI=1S/C19H21BFN3O3/c1-3-24-9-15-13(19(24)25)6-7-22-18(15)23-11(2)12-4-5-14(17(21)8-12)16-10-26-27-20-16/h4-8,11,16,20H,3,9-10H2,1-2H3,(H,22,23)/t11-,16?/m0/s1. The van der Waals surface area contributed by atoms with Crippen LogP contribution in [0.3, 0.4) is 0 Å². The smallest absolute Gasteiger partial charge is 0.333 e. The fourth-order valence-corrected chi connectivity index (χ4v) is 3.59. The summed E-state index contributed by atoms with van der Waals surface area (Å²) in [6.45, 7) is 5.47. The number of halogens is 1. The van der Waals surface area contributed by atoms with Gasteiger partial charge in [-0.15, -0.1) is 0 Å². The van der Waals surface area contributed by atoms with E-state index in [1.165, 1.54) is 6.07 Å². The number of carbonyl (C=O) groups excluding carboxylic acids is 1. The van der Waals surface area contributed by atoms with Crippen LogP contribution in [0.4, 0.5) is 10.2 Å². The molecule has 2 aliphatic heterocycles. The number of amides is 1. The maximum Gasteiger partial charge on any atom is 0.333 e. The van der Waals surface area contributed by atoms with E-state index in [0.29, 0.717) is 44.1 Å². The molecule has 3 heterocycles. The van der Waals surface area contributed by atoms with E-state index in [9.17, 15) is 9.18 Å². The molecule has 8 heteroatoms. The molecular weight excluding hydrogens is 348 g/mol. The van der Waals surface area contributed by atoms with Crippen molar-refractivity contribution >= 4 is 19.2 Å². The van der Waals surface area contributed by atoms with Gasteiger partial charge in [0.2, 0.25) is 0 Å². The van der Waals surface area contributed by atoms with E-state index in [1.54, 1.807) is 23.2 Å². The number of fused-ring (bicyclic) bond motifs is 1. The van der Waals surface area contributed by atoms with Crippen molar-refractivity contribution in [2.24, 2.45) is 0 Å². The van der Waals surface area contributed by atoms with E-state index in [-0.39, 0.29) is 23.6 Å². The predicted molar refractivity (Wildman–Crippen MR) is 100 cm³/mol. The zero-order valence-electron chi connectivity index (χ0n) is 15.4. The van der Waals surface area contributed by atoms with Crippen LogP contribution in [0.15, 0.2) is 30.5 Å². The van der Waals surface area contributed by atoms with Crippen LogP contribution in [0.1, 0.15) is 52.8 Å². The second-order valence-corrected chi connectivity index (χ2v) is 6.92. The molecule has 4 rings (SSSR count).